The van der Waals surface area contributed by atoms with Crippen molar-refractivity contribution in [3.05, 3.63) is 82.2 Å². The maximum Gasteiger partial charge on any atom is 0.181 e. The summed E-state index contributed by atoms with van der Waals surface area (Å²) < 4.78 is 2.85. The van der Waals surface area contributed by atoms with Gasteiger partial charge >= 0.3 is 0 Å². The molecule has 0 saturated carbocycles. The Balaban J connectivity index is 1.59. The molecule has 4 rings (SSSR count). The second kappa shape index (κ2) is 8.11. The summed E-state index contributed by atoms with van der Waals surface area (Å²) in [6.45, 7) is 0.814. The van der Waals surface area contributed by atoms with Gasteiger partial charge in [-0.2, -0.15) is 0 Å². The first kappa shape index (κ1) is 18.0. The molecule has 2 heterocycles. The summed E-state index contributed by atoms with van der Waals surface area (Å²) in [5.41, 5.74) is 3.83. The largest absolute Gasteiger partial charge is 0.367 e. The van der Waals surface area contributed by atoms with Gasteiger partial charge in [-0.1, -0.05) is 60.1 Å². The summed E-state index contributed by atoms with van der Waals surface area (Å²) >= 11 is 9.92. The highest BCUT2D eigenvalue weighted by molar-refractivity contribution is 9.10. The Morgan fingerprint density at radius 1 is 1.04 bits per heavy atom. The quantitative estimate of drug-likeness (QED) is 0.381. The summed E-state index contributed by atoms with van der Waals surface area (Å²) in [6, 6.07) is 18.2. The predicted molar refractivity (Wildman–Crippen MR) is 114 cm³/mol. The molecular formula is C21H18BrClN4. The van der Waals surface area contributed by atoms with E-state index in [4.69, 9.17) is 16.6 Å². The molecule has 0 atom stereocenters. The van der Waals surface area contributed by atoms with Gasteiger partial charge in [-0.15, -0.1) is 0 Å². The summed E-state index contributed by atoms with van der Waals surface area (Å²) in [5.74, 6) is 0.756. The third-order valence-corrected chi connectivity index (χ3v) is 5.29. The standard InChI is InChI=1S/C21H18BrClN4/c22-19-13-25-21-20(24-12-6-9-15-7-2-1-3-8-15)26-18(14-27(19)21)16-10-4-5-11-17(16)23/h1-5,7-8,10-11,13-14H,6,9,12H2,(H,24,26). The molecule has 0 spiro atoms. The van der Waals surface area contributed by atoms with Crippen LogP contribution in [-0.4, -0.2) is 20.9 Å². The molecule has 0 amide bonds. The zero-order valence-electron chi connectivity index (χ0n) is 14.6. The van der Waals surface area contributed by atoms with Crippen LogP contribution in [0.4, 0.5) is 5.82 Å². The Morgan fingerprint density at radius 2 is 1.81 bits per heavy atom. The smallest absolute Gasteiger partial charge is 0.181 e. The molecule has 0 saturated heterocycles. The third-order valence-electron chi connectivity index (χ3n) is 4.37. The number of benzene rings is 2. The maximum absolute atomic E-state index is 6.37. The Morgan fingerprint density at radius 3 is 2.63 bits per heavy atom. The second-order valence-corrected chi connectivity index (χ2v) is 7.46. The lowest BCUT2D eigenvalue weighted by Gasteiger charge is -2.11. The molecule has 2 aromatic heterocycles. The van der Waals surface area contributed by atoms with Crippen LogP contribution < -0.4 is 5.32 Å². The van der Waals surface area contributed by atoms with Crippen molar-refractivity contribution in [2.24, 2.45) is 0 Å². The van der Waals surface area contributed by atoms with Gasteiger partial charge < -0.3 is 5.32 Å². The first-order valence-corrected chi connectivity index (χ1v) is 9.96. The summed E-state index contributed by atoms with van der Waals surface area (Å²) in [6.07, 6.45) is 5.76. The molecule has 0 aliphatic rings. The lowest BCUT2D eigenvalue weighted by molar-refractivity contribution is 0.858. The number of anilines is 1. The van der Waals surface area contributed by atoms with Crippen LogP contribution in [0.15, 0.2) is 71.6 Å². The topological polar surface area (TPSA) is 42.2 Å². The van der Waals surface area contributed by atoms with Crippen LogP contribution in [0.5, 0.6) is 0 Å². The number of nitrogens with one attached hydrogen (secondary N) is 1. The molecule has 0 aliphatic heterocycles. The number of hydrogen-bond acceptors (Lipinski definition) is 3. The van der Waals surface area contributed by atoms with Gasteiger partial charge in [0.1, 0.15) is 4.60 Å². The highest BCUT2D eigenvalue weighted by Gasteiger charge is 2.13. The number of fused-ring (bicyclic) bond motifs is 1. The molecule has 2 aromatic carbocycles. The van der Waals surface area contributed by atoms with Gasteiger partial charge in [0.25, 0.3) is 0 Å². The highest BCUT2D eigenvalue weighted by atomic mass is 79.9. The van der Waals surface area contributed by atoms with E-state index in [0.717, 1.165) is 46.7 Å². The summed E-state index contributed by atoms with van der Waals surface area (Å²) in [4.78, 5) is 9.26. The van der Waals surface area contributed by atoms with E-state index in [1.165, 1.54) is 5.56 Å². The Hall–Kier alpha value is -2.37. The minimum atomic E-state index is 0.676. The second-order valence-electron chi connectivity index (χ2n) is 6.25. The van der Waals surface area contributed by atoms with Crippen LogP contribution in [0.25, 0.3) is 16.9 Å². The average Bonchev–Trinajstić information content (AvgIpc) is 3.07. The molecule has 0 aliphatic carbocycles. The van der Waals surface area contributed by atoms with E-state index in [9.17, 15) is 0 Å². The molecule has 0 bridgehead atoms. The average molecular weight is 442 g/mol. The van der Waals surface area contributed by atoms with Gasteiger partial charge in [0.2, 0.25) is 0 Å². The lowest BCUT2D eigenvalue weighted by atomic mass is 10.1. The fourth-order valence-corrected chi connectivity index (χ4v) is 3.63. The van der Waals surface area contributed by atoms with Crippen molar-refractivity contribution in [1.29, 1.82) is 0 Å². The van der Waals surface area contributed by atoms with Gasteiger partial charge in [0.05, 0.1) is 16.9 Å². The molecule has 6 heteroatoms. The summed E-state index contributed by atoms with van der Waals surface area (Å²) in [7, 11) is 0. The fourth-order valence-electron chi connectivity index (χ4n) is 3.02. The van der Waals surface area contributed by atoms with E-state index >= 15 is 0 Å². The van der Waals surface area contributed by atoms with E-state index in [1.807, 2.05) is 40.9 Å². The number of halogens is 2. The fraction of sp³-hybridized carbons (Fsp3) is 0.143. The predicted octanol–water partition coefficient (Wildman–Crippen LogP) is 5.86. The van der Waals surface area contributed by atoms with Crippen molar-refractivity contribution < 1.29 is 0 Å². The maximum atomic E-state index is 6.37. The number of aryl methyl sites for hydroxylation is 1. The molecule has 27 heavy (non-hydrogen) atoms. The van der Waals surface area contributed by atoms with E-state index in [2.05, 4.69) is 50.5 Å². The van der Waals surface area contributed by atoms with Crippen LogP contribution in [-0.2, 0) is 6.42 Å². The first-order chi connectivity index (χ1) is 13.2. The Bertz CT molecular complexity index is 1060. The number of nitrogens with zero attached hydrogens (tertiary/aromatic N) is 3. The van der Waals surface area contributed by atoms with Crippen LogP contribution >= 0.6 is 27.5 Å². The van der Waals surface area contributed by atoms with E-state index in [1.54, 1.807) is 6.20 Å². The normalized spacial score (nSPS) is 11.0. The minimum absolute atomic E-state index is 0.676. The van der Waals surface area contributed by atoms with Crippen LogP contribution in [0.3, 0.4) is 0 Å². The van der Waals surface area contributed by atoms with E-state index in [-0.39, 0.29) is 0 Å². The van der Waals surface area contributed by atoms with Crippen LogP contribution in [0.1, 0.15) is 12.0 Å². The lowest BCUT2D eigenvalue weighted by Crippen LogP contribution is -2.07. The zero-order chi connectivity index (χ0) is 18.6. The molecule has 4 nitrogen and oxygen atoms in total. The van der Waals surface area contributed by atoms with Gasteiger partial charge in [0.15, 0.2) is 11.5 Å². The van der Waals surface area contributed by atoms with Gasteiger partial charge in [0, 0.05) is 18.3 Å². The monoisotopic (exact) mass is 440 g/mol. The van der Waals surface area contributed by atoms with Crippen LogP contribution in [0.2, 0.25) is 5.02 Å². The molecule has 4 aromatic rings. The van der Waals surface area contributed by atoms with Crippen molar-refractivity contribution in [3.8, 4) is 11.3 Å². The van der Waals surface area contributed by atoms with Crippen molar-refractivity contribution in [2.45, 2.75) is 12.8 Å². The number of rotatable bonds is 6. The first-order valence-electron chi connectivity index (χ1n) is 8.78. The van der Waals surface area contributed by atoms with E-state index in [0.29, 0.717) is 5.02 Å². The molecule has 0 fully saturated rings. The number of hydrogen-bond donors (Lipinski definition) is 1. The minimum Gasteiger partial charge on any atom is -0.367 e. The van der Waals surface area contributed by atoms with Crippen LogP contribution in [0, 0.1) is 0 Å². The zero-order valence-corrected chi connectivity index (χ0v) is 16.9. The number of aromatic nitrogens is 3. The van der Waals surface area contributed by atoms with Gasteiger partial charge in [-0.3, -0.25) is 4.40 Å². The third kappa shape index (κ3) is 3.99. The van der Waals surface area contributed by atoms with Gasteiger partial charge in [-0.25, -0.2) is 9.97 Å². The SMILES string of the molecule is Clc1ccccc1-c1cn2c(Br)cnc2c(NCCCc2ccccc2)n1. The number of imidazole rings is 1. The highest BCUT2D eigenvalue weighted by Crippen LogP contribution is 2.29. The van der Waals surface area contributed by atoms with Gasteiger partial charge in [-0.05, 0) is 40.4 Å². The Labute approximate surface area is 171 Å². The molecular weight excluding hydrogens is 424 g/mol. The Kier molecular flexibility index (Phi) is 5.41. The van der Waals surface area contributed by atoms with Crippen molar-refractivity contribution in [1.82, 2.24) is 14.4 Å². The molecule has 0 radical (unpaired) electrons. The molecule has 136 valence electrons. The van der Waals surface area contributed by atoms with E-state index < -0.39 is 0 Å². The van der Waals surface area contributed by atoms with Crippen molar-refractivity contribution in [3.63, 3.8) is 0 Å². The van der Waals surface area contributed by atoms with Crippen molar-refractivity contribution >= 4 is 39.0 Å². The van der Waals surface area contributed by atoms with Crippen molar-refractivity contribution in [2.75, 3.05) is 11.9 Å². The molecule has 0 unspecified atom stereocenters. The molecule has 1 N–H and O–H groups in total. The summed E-state index contributed by atoms with van der Waals surface area (Å²) in [5, 5.41) is 4.12.